The number of imide groups is 1. The van der Waals surface area contributed by atoms with Crippen molar-refractivity contribution in [1.82, 2.24) is 34.7 Å². The van der Waals surface area contributed by atoms with E-state index in [0.717, 1.165) is 143 Å². The summed E-state index contributed by atoms with van der Waals surface area (Å²) in [4.78, 5) is 78.9. The summed E-state index contributed by atoms with van der Waals surface area (Å²) in [6, 6.07) is 25.4. The molecule has 4 aromatic carbocycles. The van der Waals surface area contributed by atoms with Crippen LogP contribution < -0.4 is 25.0 Å². The molecular weight excluding hydrogens is 1160 g/mol. The van der Waals surface area contributed by atoms with E-state index in [2.05, 4.69) is 77.8 Å². The van der Waals surface area contributed by atoms with Crippen LogP contribution in [0.2, 0.25) is 5.02 Å². The number of carbonyl (C=O) groups is 4. The molecule has 19 nitrogen and oxygen atoms in total. The van der Waals surface area contributed by atoms with Crippen LogP contribution in [-0.4, -0.2) is 127 Å². The van der Waals surface area contributed by atoms with E-state index in [-0.39, 0.29) is 46.6 Å². The second-order valence-electron chi connectivity index (χ2n) is 24.7. The fourth-order valence-electron chi connectivity index (χ4n) is 12.9. The van der Waals surface area contributed by atoms with Gasteiger partial charge in [-0.05, 0) is 159 Å². The summed E-state index contributed by atoms with van der Waals surface area (Å²) in [5.41, 5.74) is 7.71. The number of benzene rings is 4. The molecule has 4 aliphatic heterocycles. The van der Waals surface area contributed by atoms with Gasteiger partial charge in [-0.25, -0.2) is 18.1 Å². The highest BCUT2D eigenvalue weighted by Crippen LogP contribution is 2.44. The summed E-state index contributed by atoms with van der Waals surface area (Å²) in [6.07, 6.45) is 15.0. The lowest BCUT2D eigenvalue weighted by atomic mass is 9.72. The van der Waals surface area contributed by atoms with Crippen molar-refractivity contribution in [1.29, 1.82) is 0 Å². The van der Waals surface area contributed by atoms with Crippen LogP contribution >= 0.6 is 11.6 Å². The van der Waals surface area contributed by atoms with Gasteiger partial charge in [0.05, 0.1) is 21.6 Å². The maximum atomic E-state index is 14.2. The average Bonchev–Trinajstić information content (AvgIpc) is 2.02. The summed E-state index contributed by atoms with van der Waals surface area (Å²) in [7, 11) is -4.62. The number of H-pyrrole nitrogens is 1. The molecule has 2 aromatic heterocycles. The van der Waals surface area contributed by atoms with Gasteiger partial charge in [0.25, 0.3) is 27.5 Å². The molecule has 2 unspecified atom stereocenters. The van der Waals surface area contributed by atoms with E-state index in [1.165, 1.54) is 35.0 Å². The topological polar surface area (TPSA) is 233 Å². The Hall–Kier alpha value is -8.09. The van der Waals surface area contributed by atoms with Crippen LogP contribution in [0, 0.1) is 33.3 Å². The number of nitrogens with zero attached hydrogens (tertiary/aromatic N) is 6. The Labute approximate surface area is 518 Å². The first-order valence-electron chi connectivity index (χ1n) is 30.7. The number of hydrogen-bond donors (Lipinski definition) is 4. The number of nitro benzene ring substituents is 1. The third-order valence-corrected chi connectivity index (χ3v) is 19.3. The molecule has 6 aromatic rings. The van der Waals surface area contributed by atoms with Gasteiger partial charge in [0, 0.05) is 111 Å². The Kier molecular flexibility index (Phi) is 19.0. The van der Waals surface area contributed by atoms with E-state index in [1.807, 2.05) is 30.3 Å². The fourth-order valence-corrected chi connectivity index (χ4v) is 14.0. The zero-order chi connectivity index (χ0) is 61.5. The molecule has 460 valence electrons. The summed E-state index contributed by atoms with van der Waals surface area (Å²) >= 11 is 6.28. The fraction of sp³-hybridized carbons (Fsp3) is 0.418. The van der Waals surface area contributed by atoms with Crippen LogP contribution in [0.3, 0.4) is 0 Å². The summed E-state index contributed by atoms with van der Waals surface area (Å²) in [5.74, 6) is 5.29. The summed E-state index contributed by atoms with van der Waals surface area (Å²) < 4.78 is 36.6. The zero-order valence-corrected chi connectivity index (χ0v) is 51.4. The van der Waals surface area contributed by atoms with Crippen LogP contribution in [0.4, 0.5) is 17.1 Å². The van der Waals surface area contributed by atoms with Crippen molar-refractivity contribution in [3.63, 3.8) is 0 Å². The second kappa shape index (κ2) is 27.1. The van der Waals surface area contributed by atoms with Gasteiger partial charge >= 0.3 is 0 Å². The van der Waals surface area contributed by atoms with Crippen molar-refractivity contribution >= 4 is 78.9 Å². The van der Waals surface area contributed by atoms with Crippen molar-refractivity contribution in [2.75, 3.05) is 69.1 Å². The van der Waals surface area contributed by atoms with Crippen molar-refractivity contribution in [2.45, 2.75) is 115 Å². The number of fused-ring (bicyclic) bond motifs is 2. The molecule has 1 aliphatic carbocycles. The number of aromatic nitrogens is 2. The number of nitro groups is 1. The number of piperazine rings is 1. The maximum Gasteiger partial charge on any atom is 0.293 e. The van der Waals surface area contributed by atoms with Gasteiger partial charge < -0.3 is 29.7 Å². The monoisotopic (exact) mass is 1230 g/mol. The quantitative estimate of drug-likeness (QED) is 0.0173. The highest BCUT2D eigenvalue weighted by atomic mass is 35.5. The molecule has 0 radical (unpaired) electrons. The number of aromatic amines is 1. The molecule has 4 amide bonds. The number of ether oxygens (including phenoxy) is 1. The number of sulfonamides is 1. The molecule has 0 saturated carbocycles. The van der Waals surface area contributed by atoms with Crippen molar-refractivity contribution < 1.29 is 37.3 Å². The molecule has 11 rings (SSSR count). The lowest BCUT2D eigenvalue weighted by Crippen LogP contribution is -2.52. The molecule has 3 fully saturated rings. The molecule has 6 heterocycles. The van der Waals surface area contributed by atoms with E-state index < -0.39 is 43.4 Å². The third-order valence-electron chi connectivity index (χ3n) is 17.8. The Balaban J connectivity index is 0.657. The van der Waals surface area contributed by atoms with Gasteiger partial charge in [-0.15, -0.1) is 0 Å². The van der Waals surface area contributed by atoms with Crippen molar-refractivity contribution in [2.24, 2.45) is 11.3 Å². The SMILES string of the molecule is CC1(C)CCC(CN2CCN(c3ccc(C(=O)NS(=O)(=O)c4ccc(NCC5CCCN(CCCCCCCC#Cc6ccc7c(c6)CN(C6CCC(=O)NC6=O)C7=O)C5)c([N+](=O)[O-])c4)c(Oc4cnc5[nH]ccc5c4)c3)CC2)=C(c2ccc(Cl)cc2)C1. The number of amides is 4. The predicted molar refractivity (Wildman–Crippen MR) is 340 cm³/mol. The van der Waals surface area contributed by atoms with Gasteiger partial charge in [-0.3, -0.25) is 39.5 Å². The van der Waals surface area contributed by atoms with E-state index >= 15 is 0 Å². The highest BCUT2D eigenvalue weighted by Gasteiger charge is 2.39. The van der Waals surface area contributed by atoms with Gasteiger partial charge in [0.15, 0.2) is 0 Å². The number of piperidine rings is 2. The smallest absolute Gasteiger partial charge is 0.293 e. The minimum absolute atomic E-state index is 0.0480. The van der Waals surface area contributed by atoms with Crippen LogP contribution in [0.15, 0.2) is 114 Å². The normalized spacial score (nSPS) is 19.1. The Morgan fingerprint density at radius 3 is 2.51 bits per heavy atom. The number of carbonyl (C=O) groups excluding carboxylic acids is 4. The Morgan fingerprint density at radius 2 is 1.70 bits per heavy atom. The number of allylic oxidation sites excluding steroid dienone is 1. The van der Waals surface area contributed by atoms with E-state index in [1.54, 1.807) is 41.4 Å². The van der Waals surface area contributed by atoms with Crippen molar-refractivity contribution in [3.8, 4) is 23.3 Å². The number of unbranched alkanes of at least 4 members (excludes halogenated alkanes) is 5. The minimum atomic E-state index is -4.62. The Bertz CT molecular complexity index is 3850. The second-order valence-corrected chi connectivity index (χ2v) is 26.8. The lowest BCUT2D eigenvalue weighted by Gasteiger charge is -2.39. The lowest BCUT2D eigenvalue weighted by molar-refractivity contribution is -0.384. The zero-order valence-electron chi connectivity index (χ0n) is 49.9. The molecule has 5 aliphatic rings. The predicted octanol–water partition coefficient (Wildman–Crippen LogP) is 11.1. The third kappa shape index (κ3) is 14.9. The largest absolute Gasteiger partial charge is 0.455 e. The van der Waals surface area contributed by atoms with E-state index in [0.29, 0.717) is 49.6 Å². The number of likely N-dealkylation sites (tertiary alicyclic amines) is 1. The number of hydrogen-bond acceptors (Lipinski definition) is 14. The number of halogens is 1. The van der Waals surface area contributed by atoms with Gasteiger partial charge in [-0.1, -0.05) is 74.3 Å². The summed E-state index contributed by atoms with van der Waals surface area (Å²) in [5, 5.41) is 19.6. The van der Waals surface area contributed by atoms with E-state index in [4.69, 9.17) is 16.3 Å². The molecule has 3 saturated heterocycles. The average molecular weight is 1230 g/mol. The highest BCUT2D eigenvalue weighted by molar-refractivity contribution is 7.90. The number of pyridine rings is 1. The van der Waals surface area contributed by atoms with Gasteiger partial charge in [-0.2, -0.15) is 0 Å². The van der Waals surface area contributed by atoms with Crippen LogP contribution in [0.5, 0.6) is 11.5 Å². The Morgan fingerprint density at radius 1 is 0.898 bits per heavy atom. The molecule has 4 N–H and O–H groups in total. The molecule has 0 spiro atoms. The van der Waals surface area contributed by atoms with E-state index in [9.17, 15) is 37.7 Å². The first-order valence-corrected chi connectivity index (χ1v) is 32.6. The van der Waals surface area contributed by atoms with Crippen molar-refractivity contribution in [3.05, 3.63) is 152 Å². The number of anilines is 2. The molecule has 2 atom stereocenters. The maximum absolute atomic E-state index is 14.2. The molecule has 0 bridgehead atoms. The van der Waals surface area contributed by atoms with Crippen LogP contribution in [-0.2, 0) is 26.2 Å². The molecular formula is C67H75ClN10O9S. The standard InChI is InChI=1S/C67H75ClN10O9S/c1-67(2)27-25-49(57(39-67)47-14-16-51(68)17-15-47)43-75-31-33-76(34-32-75)52-18-21-56(61(37-52)87-53-36-48-26-28-69-63(48)71-41-53)64(80)73-88(85,86)54-19-22-58(60(38-54)78(83)84)70-40-46-12-10-30-74(42-46)29-9-7-5-3-4-6-8-11-45-13-20-55-50(35-45)44-77(66(55)82)59-23-24-62(79)72-65(59)81/h13-22,26,28,35-38,41,46,59,70H,3-7,9-10,12,23-25,27,29-34,39-40,42-44H2,1-2H3,(H,69,71)(H,73,80)(H,72,79,81). The minimum Gasteiger partial charge on any atom is -0.455 e. The van der Waals surface area contributed by atoms with Crippen LogP contribution in [0.25, 0.3) is 16.6 Å². The first-order chi connectivity index (χ1) is 42.4. The van der Waals surface area contributed by atoms with Gasteiger partial charge in [0.1, 0.15) is 28.9 Å². The van der Waals surface area contributed by atoms with Crippen LogP contribution in [0.1, 0.15) is 135 Å². The number of nitrogens with one attached hydrogen (secondary N) is 4. The molecule has 88 heavy (non-hydrogen) atoms. The first kappa shape index (κ1) is 61.6. The van der Waals surface area contributed by atoms with Gasteiger partial charge in [0.2, 0.25) is 11.8 Å². The summed E-state index contributed by atoms with van der Waals surface area (Å²) in [6.45, 7) is 12.1. The number of rotatable bonds is 21. The molecule has 21 heteroatoms.